The Hall–Kier alpha value is -1.84. The zero-order chi connectivity index (χ0) is 17.3. The standard InChI is InChI=1S/C20H28N2O2/c1-14-4-6-17(7-5-14)12-21-13-18(9-19(21)23)20(24)22-10-15(2)8-16(3)11-22/h4-7,15-16,18H,8-13H2,1-3H3/t15-,16+,18-/m0/s1. The summed E-state index contributed by atoms with van der Waals surface area (Å²) in [5.74, 6) is 1.22. The van der Waals surface area contributed by atoms with Crippen LogP contribution in [0.4, 0.5) is 0 Å². The average molecular weight is 328 g/mol. The second kappa shape index (κ2) is 6.96. The lowest BCUT2D eigenvalue weighted by molar-refractivity contribution is -0.138. The number of amides is 2. The largest absolute Gasteiger partial charge is 0.342 e. The first kappa shape index (κ1) is 17.0. The van der Waals surface area contributed by atoms with Crippen LogP contribution < -0.4 is 0 Å². The zero-order valence-corrected chi connectivity index (χ0v) is 15.0. The zero-order valence-electron chi connectivity index (χ0n) is 15.0. The summed E-state index contributed by atoms with van der Waals surface area (Å²) < 4.78 is 0. The Labute approximate surface area is 144 Å². The van der Waals surface area contributed by atoms with Gasteiger partial charge in [-0.2, -0.15) is 0 Å². The second-order valence-electron chi connectivity index (χ2n) is 7.85. The number of likely N-dealkylation sites (tertiary alicyclic amines) is 2. The Balaban J connectivity index is 1.61. The van der Waals surface area contributed by atoms with Crippen LogP contribution in [-0.4, -0.2) is 41.2 Å². The molecule has 2 aliphatic heterocycles. The van der Waals surface area contributed by atoms with Crippen molar-refractivity contribution in [3.63, 3.8) is 0 Å². The molecule has 0 aromatic heterocycles. The van der Waals surface area contributed by atoms with Crippen molar-refractivity contribution in [2.45, 2.75) is 40.2 Å². The molecule has 24 heavy (non-hydrogen) atoms. The normalized spacial score (nSPS) is 27.6. The van der Waals surface area contributed by atoms with Gasteiger partial charge in [0, 0.05) is 32.6 Å². The highest BCUT2D eigenvalue weighted by atomic mass is 16.2. The number of piperidine rings is 1. The minimum Gasteiger partial charge on any atom is -0.342 e. The molecule has 3 rings (SSSR count). The fourth-order valence-electron chi connectivity index (χ4n) is 4.11. The van der Waals surface area contributed by atoms with Crippen LogP contribution in [0.5, 0.6) is 0 Å². The van der Waals surface area contributed by atoms with E-state index in [1.54, 1.807) is 0 Å². The molecule has 2 amide bonds. The molecule has 2 saturated heterocycles. The van der Waals surface area contributed by atoms with Gasteiger partial charge in [-0.05, 0) is 30.7 Å². The van der Waals surface area contributed by atoms with Gasteiger partial charge in [-0.1, -0.05) is 43.7 Å². The Kier molecular flexibility index (Phi) is 4.93. The van der Waals surface area contributed by atoms with E-state index < -0.39 is 0 Å². The van der Waals surface area contributed by atoms with Gasteiger partial charge in [-0.15, -0.1) is 0 Å². The van der Waals surface area contributed by atoms with Crippen molar-refractivity contribution in [2.24, 2.45) is 17.8 Å². The molecule has 4 nitrogen and oxygen atoms in total. The monoisotopic (exact) mass is 328 g/mol. The van der Waals surface area contributed by atoms with E-state index in [0.29, 0.717) is 31.3 Å². The maximum Gasteiger partial charge on any atom is 0.228 e. The van der Waals surface area contributed by atoms with Crippen molar-refractivity contribution < 1.29 is 9.59 Å². The van der Waals surface area contributed by atoms with Crippen LogP contribution >= 0.6 is 0 Å². The highest BCUT2D eigenvalue weighted by molar-refractivity contribution is 5.89. The Morgan fingerprint density at radius 1 is 1.08 bits per heavy atom. The van der Waals surface area contributed by atoms with Crippen molar-refractivity contribution in [3.05, 3.63) is 35.4 Å². The number of carbonyl (C=O) groups is 2. The first-order valence-corrected chi connectivity index (χ1v) is 9.04. The summed E-state index contributed by atoms with van der Waals surface area (Å²) in [7, 11) is 0. The van der Waals surface area contributed by atoms with Gasteiger partial charge in [0.05, 0.1) is 5.92 Å². The number of carbonyl (C=O) groups excluding carboxylic acids is 2. The number of nitrogens with zero attached hydrogens (tertiary/aromatic N) is 2. The van der Waals surface area contributed by atoms with Gasteiger partial charge in [0.2, 0.25) is 11.8 Å². The van der Waals surface area contributed by atoms with E-state index >= 15 is 0 Å². The summed E-state index contributed by atoms with van der Waals surface area (Å²) >= 11 is 0. The molecule has 0 saturated carbocycles. The van der Waals surface area contributed by atoms with Crippen LogP contribution in [0, 0.1) is 24.7 Å². The van der Waals surface area contributed by atoms with Crippen LogP contribution in [0.3, 0.4) is 0 Å². The highest BCUT2D eigenvalue weighted by Crippen LogP contribution is 2.26. The molecule has 4 heteroatoms. The van der Waals surface area contributed by atoms with Crippen molar-refractivity contribution in [3.8, 4) is 0 Å². The third-order valence-electron chi connectivity index (χ3n) is 5.24. The number of rotatable bonds is 3. The first-order chi connectivity index (χ1) is 11.4. The van der Waals surface area contributed by atoms with Gasteiger partial charge in [0.1, 0.15) is 0 Å². The number of hydrogen-bond acceptors (Lipinski definition) is 2. The molecule has 3 atom stereocenters. The van der Waals surface area contributed by atoms with E-state index in [0.717, 1.165) is 18.7 Å². The maximum absolute atomic E-state index is 12.8. The molecule has 0 N–H and O–H groups in total. The third kappa shape index (κ3) is 3.80. The maximum atomic E-state index is 12.8. The number of aryl methyl sites for hydroxylation is 1. The van der Waals surface area contributed by atoms with Gasteiger partial charge in [0.15, 0.2) is 0 Å². The van der Waals surface area contributed by atoms with E-state index in [9.17, 15) is 9.59 Å². The molecule has 0 bridgehead atoms. The minimum atomic E-state index is -0.166. The van der Waals surface area contributed by atoms with Gasteiger partial charge in [0.25, 0.3) is 0 Å². The fraction of sp³-hybridized carbons (Fsp3) is 0.600. The molecule has 0 radical (unpaired) electrons. The lowest BCUT2D eigenvalue weighted by Crippen LogP contribution is -2.45. The Morgan fingerprint density at radius 2 is 1.71 bits per heavy atom. The molecular weight excluding hydrogens is 300 g/mol. The summed E-state index contributed by atoms with van der Waals surface area (Å²) in [6, 6.07) is 8.25. The number of hydrogen-bond donors (Lipinski definition) is 0. The molecule has 1 aromatic carbocycles. The van der Waals surface area contributed by atoms with E-state index in [1.165, 1.54) is 12.0 Å². The van der Waals surface area contributed by atoms with Crippen molar-refractivity contribution >= 4 is 11.8 Å². The summed E-state index contributed by atoms with van der Waals surface area (Å²) in [5, 5.41) is 0. The predicted octanol–water partition coefficient (Wildman–Crippen LogP) is 2.85. The minimum absolute atomic E-state index is 0.104. The van der Waals surface area contributed by atoms with Crippen LogP contribution in [0.15, 0.2) is 24.3 Å². The highest BCUT2D eigenvalue weighted by Gasteiger charge is 2.38. The molecule has 0 aliphatic carbocycles. The van der Waals surface area contributed by atoms with E-state index in [4.69, 9.17) is 0 Å². The van der Waals surface area contributed by atoms with Crippen LogP contribution in [0.1, 0.15) is 37.8 Å². The van der Waals surface area contributed by atoms with E-state index in [2.05, 4.69) is 45.0 Å². The van der Waals surface area contributed by atoms with E-state index in [1.807, 2.05) is 9.80 Å². The van der Waals surface area contributed by atoms with Crippen molar-refractivity contribution in [1.29, 1.82) is 0 Å². The molecule has 2 fully saturated rings. The molecule has 2 aliphatic rings. The molecular formula is C20H28N2O2. The van der Waals surface area contributed by atoms with Crippen molar-refractivity contribution in [2.75, 3.05) is 19.6 Å². The summed E-state index contributed by atoms with van der Waals surface area (Å²) in [6.07, 6.45) is 1.55. The molecule has 0 spiro atoms. The summed E-state index contributed by atoms with van der Waals surface area (Å²) in [6.45, 7) is 9.32. The molecule has 1 aromatic rings. The van der Waals surface area contributed by atoms with Crippen molar-refractivity contribution in [1.82, 2.24) is 9.80 Å². The van der Waals surface area contributed by atoms with E-state index in [-0.39, 0.29) is 17.7 Å². The quantitative estimate of drug-likeness (QED) is 0.856. The Morgan fingerprint density at radius 3 is 2.33 bits per heavy atom. The average Bonchev–Trinajstić information content (AvgIpc) is 2.89. The van der Waals surface area contributed by atoms with Gasteiger partial charge in [-0.25, -0.2) is 0 Å². The first-order valence-electron chi connectivity index (χ1n) is 9.04. The smallest absolute Gasteiger partial charge is 0.228 e. The van der Waals surface area contributed by atoms with Crippen LogP contribution in [0.25, 0.3) is 0 Å². The number of benzene rings is 1. The third-order valence-corrected chi connectivity index (χ3v) is 5.24. The van der Waals surface area contributed by atoms with Crippen LogP contribution in [0.2, 0.25) is 0 Å². The topological polar surface area (TPSA) is 40.6 Å². The van der Waals surface area contributed by atoms with Gasteiger partial charge < -0.3 is 9.80 Å². The SMILES string of the molecule is Cc1ccc(CN2C[C@@H](C(=O)N3C[C@H](C)C[C@H](C)C3)CC2=O)cc1. The lowest BCUT2D eigenvalue weighted by Gasteiger charge is -2.36. The lowest BCUT2D eigenvalue weighted by atomic mass is 9.91. The summed E-state index contributed by atoms with van der Waals surface area (Å²) in [5.41, 5.74) is 2.34. The Bertz CT molecular complexity index is 601. The molecule has 2 heterocycles. The fourth-order valence-corrected chi connectivity index (χ4v) is 4.11. The summed E-state index contributed by atoms with van der Waals surface area (Å²) in [4.78, 5) is 29.0. The molecule has 130 valence electrons. The van der Waals surface area contributed by atoms with Crippen LogP contribution in [-0.2, 0) is 16.1 Å². The predicted molar refractivity (Wildman–Crippen MR) is 94.2 cm³/mol. The van der Waals surface area contributed by atoms with Gasteiger partial charge >= 0.3 is 0 Å². The second-order valence-corrected chi connectivity index (χ2v) is 7.85. The van der Waals surface area contributed by atoms with Gasteiger partial charge in [-0.3, -0.25) is 9.59 Å². The molecule has 0 unspecified atom stereocenters.